The van der Waals surface area contributed by atoms with E-state index < -0.39 is 0 Å². The Balaban J connectivity index is 1.13. The van der Waals surface area contributed by atoms with E-state index in [1.807, 2.05) is 30.3 Å². The van der Waals surface area contributed by atoms with Gasteiger partial charge in [-0.05, 0) is 89.0 Å². The fourth-order valence-electron chi connectivity index (χ4n) is 9.83. The molecule has 0 amide bonds. The molecule has 5 heteroatoms. The third kappa shape index (κ3) is 5.32. The molecule has 0 saturated carbocycles. The molecule has 0 fully saturated rings. The molecule has 3 aromatic heterocycles. The fourth-order valence-corrected chi connectivity index (χ4v) is 9.83. The average Bonchev–Trinajstić information content (AvgIpc) is 3.91. The second kappa shape index (κ2) is 13.2. The summed E-state index contributed by atoms with van der Waals surface area (Å²) in [4.78, 5) is 10.7. The Labute approximate surface area is 353 Å². The van der Waals surface area contributed by atoms with Crippen LogP contribution in [0.5, 0.6) is 0 Å². The molecule has 0 atom stereocenters. The lowest BCUT2D eigenvalue weighted by atomic mass is 9.81. The first kappa shape index (κ1) is 34.9. The molecule has 0 radical (unpaired) electrons. The predicted octanol–water partition coefficient (Wildman–Crippen LogP) is 13.8. The van der Waals surface area contributed by atoms with Gasteiger partial charge in [-0.3, -0.25) is 0 Å². The number of hydrogen-bond acceptors (Lipinski definition) is 3. The maximum Gasteiger partial charge on any atom is 0.160 e. The van der Waals surface area contributed by atoms with Gasteiger partial charge in [0.1, 0.15) is 0 Å². The van der Waals surface area contributed by atoms with E-state index in [1.54, 1.807) is 0 Å². The van der Waals surface area contributed by atoms with Crippen LogP contribution in [0.1, 0.15) is 30.5 Å². The molecule has 0 unspecified atom stereocenters. The van der Waals surface area contributed by atoms with Gasteiger partial charge >= 0.3 is 0 Å². The zero-order valence-corrected chi connectivity index (χ0v) is 33.6. The molecule has 61 heavy (non-hydrogen) atoms. The minimum Gasteiger partial charge on any atom is -0.309 e. The van der Waals surface area contributed by atoms with E-state index in [9.17, 15) is 5.26 Å². The Morgan fingerprint density at radius 3 is 1.41 bits per heavy atom. The molecule has 0 aliphatic heterocycles. The number of nitriles is 1. The fraction of sp³-hybridized carbons (Fsp3) is 0.0536. The molecule has 286 valence electrons. The minimum atomic E-state index is -0.292. The summed E-state index contributed by atoms with van der Waals surface area (Å²) >= 11 is 0. The third-order valence-electron chi connectivity index (χ3n) is 12.7. The van der Waals surface area contributed by atoms with E-state index in [-0.39, 0.29) is 5.41 Å². The van der Waals surface area contributed by atoms with Crippen LogP contribution in [0.2, 0.25) is 0 Å². The molecule has 5 nitrogen and oxygen atoms in total. The predicted molar refractivity (Wildman–Crippen MR) is 249 cm³/mol. The van der Waals surface area contributed by atoms with Crippen LogP contribution in [0.25, 0.3) is 100 Å². The van der Waals surface area contributed by atoms with E-state index in [2.05, 4.69) is 187 Å². The highest BCUT2D eigenvalue weighted by molar-refractivity contribution is 6.10. The molecule has 12 rings (SSSR count). The standard InChI is InChI=1S/C56H37N5/c1-56(2)47-28-35(34-57)24-26-41(47)42-27-25-37(31-48(42)56)49-33-50(59-55(58-49)36-14-4-3-5-15-36)38-29-39(60-51-20-10-6-16-43(51)44-17-7-11-21-52(44)60)32-40(30-38)61-53-22-12-8-18-45(53)46-19-9-13-23-54(46)61/h3-33H,1-2H3. The lowest BCUT2D eigenvalue weighted by Gasteiger charge is -2.22. The number of nitrogens with zero attached hydrogens (tertiary/aromatic N) is 5. The number of fused-ring (bicyclic) bond motifs is 9. The zero-order valence-electron chi connectivity index (χ0n) is 33.6. The van der Waals surface area contributed by atoms with Crippen LogP contribution >= 0.6 is 0 Å². The lowest BCUT2D eigenvalue weighted by molar-refractivity contribution is 0.660. The Hall–Kier alpha value is -8.07. The second-order valence-corrected chi connectivity index (χ2v) is 16.6. The van der Waals surface area contributed by atoms with E-state index in [0.29, 0.717) is 11.4 Å². The number of benzene rings is 8. The minimum absolute atomic E-state index is 0.292. The zero-order chi connectivity index (χ0) is 40.8. The van der Waals surface area contributed by atoms with E-state index in [1.165, 1.54) is 43.8 Å². The maximum absolute atomic E-state index is 9.75. The van der Waals surface area contributed by atoms with Gasteiger partial charge in [0.15, 0.2) is 5.82 Å². The van der Waals surface area contributed by atoms with Crippen LogP contribution in [0, 0.1) is 11.3 Å². The van der Waals surface area contributed by atoms with Crippen LogP contribution in [-0.2, 0) is 5.41 Å². The van der Waals surface area contributed by atoms with Crippen molar-refractivity contribution < 1.29 is 0 Å². The molecule has 1 aliphatic rings. The monoisotopic (exact) mass is 779 g/mol. The molecule has 0 saturated heterocycles. The summed E-state index contributed by atoms with van der Waals surface area (Å²) in [6.07, 6.45) is 0. The normalized spacial score (nSPS) is 12.9. The first-order valence-electron chi connectivity index (χ1n) is 20.7. The van der Waals surface area contributed by atoms with Crippen LogP contribution in [0.3, 0.4) is 0 Å². The van der Waals surface area contributed by atoms with Crippen molar-refractivity contribution in [3.05, 3.63) is 205 Å². The largest absolute Gasteiger partial charge is 0.309 e. The Morgan fingerprint density at radius 1 is 0.426 bits per heavy atom. The highest BCUT2D eigenvalue weighted by atomic mass is 15.0. The molecule has 0 bridgehead atoms. The van der Waals surface area contributed by atoms with Gasteiger partial charge in [0.25, 0.3) is 0 Å². The highest BCUT2D eigenvalue weighted by Crippen LogP contribution is 2.50. The van der Waals surface area contributed by atoms with Crippen LogP contribution in [0.4, 0.5) is 0 Å². The first-order valence-corrected chi connectivity index (χ1v) is 20.7. The molecule has 8 aromatic carbocycles. The van der Waals surface area contributed by atoms with Crippen molar-refractivity contribution in [2.24, 2.45) is 0 Å². The van der Waals surface area contributed by atoms with Crippen molar-refractivity contribution >= 4 is 43.6 Å². The molecule has 0 N–H and O–H groups in total. The Bertz CT molecular complexity index is 3400. The van der Waals surface area contributed by atoms with Gasteiger partial charge in [-0.25, -0.2) is 9.97 Å². The first-order chi connectivity index (χ1) is 29.9. The van der Waals surface area contributed by atoms with Crippen molar-refractivity contribution in [1.29, 1.82) is 5.26 Å². The van der Waals surface area contributed by atoms with E-state index in [0.717, 1.165) is 61.5 Å². The van der Waals surface area contributed by atoms with Gasteiger partial charge in [0.2, 0.25) is 0 Å². The Kier molecular flexibility index (Phi) is 7.57. The van der Waals surface area contributed by atoms with Crippen molar-refractivity contribution in [3.63, 3.8) is 0 Å². The van der Waals surface area contributed by atoms with Gasteiger partial charge < -0.3 is 9.13 Å². The van der Waals surface area contributed by atoms with Gasteiger partial charge in [-0.1, -0.05) is 135 Å². The number of aromatic nitrogens is 4. The quantitative estimate of drug-likeness (QED) is 0.175. The van der Waals surface area contributed by atoms with Crippen LogP contribution in [-0.4, -0.2) is 19.1 Å². The van der Waals surface area contributed by atoms with Gasteiger partial charge in [-0.15, -0.1) is 0 Å². The van der Waals surface area contributed by atoms with Crippen LogP contribution in [0.15, 0.2) is 188 Å². The van der Waals surface area contributed by atoms with Crippen molar-refractivity contribution in [1.82, 2.24) is 19.1 Å². The highest BCUT2D eigenvalue weighted by Gasteiger charge is 2.36. The molecular formula is C56H37N5. The van der Waals surface area contributed by atoms with Crippen molar-refractivity contribution in [2.45, 2.75) is 19.3 Å². The smallest absolute Gasteiger partial charge is 0.160 e. The average molecular weight is 780 g/mol. The summed E-state index contributed by atoms with van der Waals surface area (Å²) < 4.78 is 4.79. The van der Waals surface area contributed by atoms with Crippen molar-refractivity contribution in [2.75, 3.05) is 0 Å². The molecular weight excluding hydrogens is 743 g/mol. The van der Waals surface area contributed by atoms with Gasteiger partial charge in [0.05, 0.1) is 45.1 Å². The topological polar surface area (TPSA) is 59.4 Å². The summed E-state index contributed by atoms with van der Waals surface area (Å²) in [7, 11) is 0. The molecule has 3 heterocycles. The lowest BCUT2D eigenvalue weighted by Crippen LogP contribution is -2.15. The van der Waals surface area contributed by atoms with Crippen molar-refractivity contribution in [3.8, 4) is 62.5 Å². The third-order valence-corrected chi connectivity index (χ3v) is 12.7. The number of rotatable bonds is 5. The second-order valence-electron chi connectivity index (χ2n) is 16.6. The molecule has 0 spiro atoms. The molecule has 11 aromatic rings. The summed E-state index contributed by atoms with van der Waals surface area (Å²) in [5.74, 6) is 0.662. The summed E-state index contributed by atoms with van der Waals surface area (Å²) in [5, 5.41) is 14.6. The summed E-state index contributed by atoms with van der Waals surface area (Å²) in [6.45, 7) is 4.50. The van der Waals surface area contributed by atoms with E-state index in [4.69, 9.17) is 9.97 Å². The van der Waals surface area contributed by atoms with E-state index >= 15 is 0 Å². The van der Waals surface area contributed by atoms with Crippen LogP contribution < -0.4 is 0 Å². The van der Waals surface area contributed by atoms with Gasteiger partial charge in [0, 0.05) is 55.0 Å². The number of para-hydroxylation sites is 4. The number of hydrogen-bond donors (Lipinski definition) is 0. The maximum atomic E-state index is 9.75. The molecule has 1 aliphatic carbocycles. The summed E-state index contributed by atoms with van der Waals surface area (Å²) in [5.41, 5.74) is 16.4. The SMILES string of the molecule is CC1(C)c2cc(C#N)ccc2-c2ccc(-c3cc(-c4cc(-n5c6ccccc6c6ccccc65)cc(-n5c6ccccc6c6ccccc65)c4)nc(-c4ccccc4)n3)cc21. The Morgan fingerprint density at radius 2 is 0.885 bits per heavy atom. The summed E-state index contributed by atoms with van der Waals surface area (Å²) in [6, 6.07) is 69.1. The van der Waals surface area contributed by atoms with Gasteiger partial charge in [-0.2, -0.15) is 5.26 Å².